The summed E-state index contributed by atoms with van der Waals surface area (Å²) in [6.07, 6.45) is 0. The number of ether oxygens (including phenoxy) is 2. The van der Waals surface area contributed by atoms with Gasteiger partial charge >= 0.3 is 0 Å². The van der Waals surface area contributed by atoms with Crippen LogP contribution in [0, 0.1) is 15.9 Å². The average molecular weight is 496 g/mol. The first-order valence-corrected chi connectivity index (χ1v) is 10.3. The molecular formula is C23H24Cl2FN3O4. The van der Waals surface area contributed by atoms with E-state index in [1.807, 2.05) is 12.1 Å². The molecule has 33 heavy (non-hydrogen) atoms. The van der Waals surface area contributed by atoms with Gasteiger partial charge in [0.05, 0.1) is 22.7 Å². The number of nitro groups is 1. The molecule has 0 unspecified atom stereocenters. The molecule has 0 saturated carbocycles. The number of rotatable bonds is 11. The van der Waals surface area contributed by atoms with Crippen LogP contribution in [0.4, 0.5) is 15.8 Å². The highest BCUT2D eigenvalue weighted by Crippen LogP contribution is 2.29. The molecule has 0 spiro atoms. The Morgan fingerprint density at radius 3 is 2.55 bits per heavy atom. The van der Waals surface area contributed by atoms with Crippen LogP contribution in [-0.2, 0) is 13.2 Å². The summed E-state index contributed by atoms with van der Waals surface area (Å²) < 4.78 is 24.9. The van der Waals surface area contributed by atoms with Gasteiger partial charge < -0.3 is 20.1 Å². The summed E-state index contributed by atoms with van der Waals surface area (Å²) in [6, 6.07) is 16.4. The van der Waals surface area contributed by atoms with Gasteiger partial charge in [-0.05, 0) is 29.8 Å². The minimum atomic E-state index is -0.484. The highest BCUT2D eigenvalue weighted by molar-refractivity contribution is 6.33. The van der Waals surface area contributed by atoms with E-state index in [1.54, 1.807) is 37.4 Å². The van der Waals surface area contributed by atoms with Gasteiger partial charge in [0.1, 0.15) is 12.4 Å². The minimum Gasteiger partial charge on any atom is -0.493 e. The van der Waals surface area contributed by atoms with Crippen LogP contribution in [0.25, 0.3) is 0 Å². The minimum absolute atomic E-state index is 0. The Kier molecular flexibility index (Phi) is 10.2. The summed E-state index contributed by atoms with van der Waals surface area (Å²) in [4.78, 5) is 10.3. The molecule has 0 fully saturated rings. The van der Waals surface area contributed by atoms with E-state index in [2.05, 4.69) is 10.6 Å². The van der Waals surface area contributed by atoms with Gasteiger partial charge in [-0.3, -0.25) is 10.1 Å². The van der Waals surface area contributed by atoms with Crippen molar-refractivity contribution in [3.8, 4) is 11.5 Å². The van der Waals surface area contributed by atoms with E-state index < -0.39 is 4.92 Å². The molecule has 0 amide bonds. The predicted octanol–water partition coefficient (Wildman–Crippen LogP) is 5.60. The Balaban J connectivity index is 0.00000385. The maximum absolute atomic E-state index is 13.8. The van der Waals surface area contributed by atoms with E-state index in [-0.39, 0.29) is 30.5 Å². The van der Waals surface area contributed by atoms with Crippen molar-refractivity contribution in [2.24, 2.45) is 0 Å². The zero-order valence-electron chi connectivity index (χ0n) is 17.8. The number of nitrogens with one attached hydrogen (secondary N) is 2. The molecule has 0 bridgehead atoms. The molecule has 3 aromatic carbocycles. The molecule has 3 rings (SSSR count). The summed E-state index contributed by atoms with van der Waals surface area (Å²) in [5.41, 5.74) is 2.06. The quantitative estimate of drug-likeness (QED) is 0.204. The molecule has 0 saturated heterocycles. The molecule has 0 aliphatic carbocycles. The lowest BCUT2D eigenvalue weighted by Gasteiger charge is -2.13. The molecule has 0 heterocycles. The summed E-state index contributed by atoms with van der Waals surface area (Å²) in [6.45, 7) is 1.93. The molecule has 2 N–H and O–H groups in total. The van der Waals surface area contributed by atoms with Crippen molar-refractivity contribution in [2.75, 3.05) is 25.5 Å². The topological polar surface area (TPSA) is 85.7 Å². The van der Waals surface area contributed by atoms with Crippen molar-refractivity contribution < 1.29 is 18.8 Å². The van der Waals surface area contributed by atoms with Crippen LogP contribution in [0.2, 0.25) is 5.02 Å². The Morgan fingerprint density at radius 2 is 1.85 bits per heavy atom. The monoisotopic (exact) mass is 495 g/mol. The molecule has 0 aliphatic heterocycles. The van der Waals surface area contributed by atoms with Crippen molar-refractivity contribution >= 4 is 35.4 Å². The van der Waals surface area contributed by atoms with Gasteiger partial charge in [-0.15, -0.1) is 12.4 Å². The first-order chi connectivity index (χ1) is 15.5. The Bertz CT molecular complexity index is 1090. The highest BCUT2D eigenvalue weighted by atomic mass is 35.5. The Morgan fingerprint density at radius 1 is 1.06 bits per heavy atom. The Labute approximate surface area is 202 Å². The number of nitrogens with zero attached hydrogens (tertiary/aromatic N) is 1. The molecule has 0 aliphatic rings. The van der Waals surface area contributed by atoms with Crippen LogP contribution < -0.4 is 20.1 Å². The van der Waals surface area contributed by atoms with Gasteiger partial charge in [0.2, 0.25) is 0 Å². The predicted molar refractivity (Wildman–Crippen MR) is 129 cm³/mol. The third-order valence-electron chi connectivity index (χ3n) is 4.68. The first kappa shape index (κ1) is 26.2. The number of methoxy groups -OCH3 is 1. The maximum Gasteiger partial charge on any atom is 0.271 e. The van der Waals surface area contributed by atoms with Crippen LogP contribution in [0.3, 0.4) is 0 Å². The van der Waals surface area contributed by atoms with Gasteiger partial charge in [0, 0.05) is 37.3 Å². The lowest BCUT2D eigenvalue weighted by Crippen LogP contribution is -2.21. The summed E-state index contributed by atoms with van der Waals surface area (Å²) in [7, 11) is 1.56. The number of halogens is 3. The number of benzene rings is 3. The van der Waals surface area contributed by atoms with Crippen LogP contribution in [0.15, 0.2) is 60.7 Å². The zero-order chi connectivity index (χ0) is 22.9. The van der Waals surface area contributed by atoms with Crippen LogP contribution in [0.5, 0.6) is 11.5 Å². The SMILES string of the molecule is COc1cc(CNCCNc2ccc([N+](=O)[O-])cc2Cl)ccc1OCc1ccccc1F.Cl. The number of nitro benzene ring substituents is 1. The standard InChI is InChI=1S/C23H23ClFN3O4.ClH/c1-31-23-12-16(6-9-22(23)32-15-17-4-2-3-5-20(17)25)14-26-10-11-27-21-8-7-18(28(29)30)13-19(21)24;/h2-9,12-13,26-27H,10-11,14-15H2,1H3;1H. The second-order valence-electron chi connectivity index (χ2n) is 6.89. The van der Waals surface area contributed by atoms with E-state index in [1.165, 1.54) is 18.2 Å². The smallest absolute Gasteiger partial charge is 0.271 e. The van der Waals surface area contributed by atoms with E-state index in [0.29, 0.717) is 47.4 Å². The van der Waals surface area contributed by atoms with E-state index >= 15 is 0 Å². The number of non-ortho nitro benzene ring substituents is 1. The molecule has 10 heteroatoms. The van der Waals surface area contributed by atoms with Crippen LogP contribution in [-0.4, -0.2) is 25.1 Å². The van der Waals surface area contributed by atoms with E-state index in [0.717, 1.165) is 5.56 Å². The fourth-order valence-electron chi connectivity index (χ4n) is 2.99. The summed E-state index contributed by atoms with van der Waals surface area (Å²) >= 11 is 6.07. The lowest BCUT2D eigenvalue weighted by molar-refractivity contribution is -0.384. The van der Waals surface area contributed by atoms with Gasteiger partial charge in [0.25, 0.3) is 5.69 Å². The maximum atomic E-state index is 13.8. The highest BCUT2D eigenvalue weighted by Gasteiger charge is 2.10. The van der Waals surface area contributed by atoms with Gasteiger partial charge in [-0.25, -0.2) is 4.39 Å². The van der Waals surface area contributed by atoms with Crippen LogP contribution >= 0.6 is 24.0 Å². The molecule has 0 radical (unpaired) electrons. The molecule has 3 aromatic rings. The summed E-state index contributed by atoms with van der Waals surface area (Å²) in [5.74, 6) is 0.793. The lowest BCUT2D eigenvalue weighted by atomic mass is 10.2. The van der Waals surface area contributed by atoms with Gasteiger partial charge in [-0.1, -0.05) is 35.9 Å². The number of hydrogen-bond donors (Lipinski definition) is 2. The second kappa shape index (κ2) is 12.8. The number of hydrogen-bond acceptors (Lipinski definition) is 6. The fraction of sp³-hybridized carbons (Fsp3) is 0.217. The molecular weight excluding hydrogens is 472 g/mol. The van der Waals surface area contributed by atoms with Crippen molar-refractivity contribution in [3.05, 3.63) is 92.7 Å². The third kappa shape index (κ3) is 7.49. The normalized spacial score (nSPS) is 10.3. The average Bonchev–Trinajstić information content (AvgIpc) is 2.79. The Hall–Kier alpha value is -3.07. The molecule has 0 atom stereocenters. The number of anilines is 1. The van der Waals surface area contributed by atoms with Crippen molar-refractivity contribution in [1.29, 1.82) is 0 Å². The largest absolute Gasteiger partial charge is 0.493 e. The zero-order valence-corrected chi connectivity index (χ0v) is 19.4. The molecule has 7 nitrogen and oxygen atoms in total. The second-order valence-corrected chi connectivity index (χ2v) is 7.30. The van der Waals surface area contributed by atoms with E-state index in [9.17, 15) is 14.5 Å². The van der Waals surface area contributed by atoms with Crippen molar-refractivity contribution in [1.82, 2.24) is 5.32 Å². The summed E-state index contributed by atoms with van der Waals surface area (Å²) in [5, 5.41) is 17.5. The van der Waals surface area contributed by atoms with Crippen LogP contribution in [0.1, 0.15) is 11.1 Å². The van der Waals surface area contributed by atoms with Crippen molar-refractivity contribution in [3.63, 3.8) is 0 Å². The van der Waals surface area contributed by atoms with E-state index in [4.69, 9.17) is 21.1 Å². The molecule has 0 aromatic heterocycles. The first-order valence-electron chi connectivity index (χ1n) is 9.89. The van der Waals surface area contributed by atoms with Crippen molar-refractivity contribution in [2.45, 2.75) is 13.2 Å². The molecule has 176 valence electrons. The van der Waals surface area contributed by atoms with Gasteiger partial charge in [0.15, 0.2) is 11.5 Å². The van der Waals surface area contributed by atoms with Gasteiger partial charge in [-0.2, -0.15) is 0 Å². The fourth-order valence-corrected chi connectivity index (χ4v) is 3.23. The third-order valence-corrected chi connectivity index (χ3v) is 4.99.